The van der Waals surface area contributed by atoms with Crippen molar-refractivity contribution in [1.29, 1.82) is 0 Å². The van der Waals surface area contributed by atoms with Crippen LogP contribution in [-0.4, -0.2) is 21.7 Å². The Morgan fingerprint density at radius 3 is 2.60 bits per heavy atom. The third kappa shape index (κ3) is 5.46. The number of amides is 3. The number of hydrogen-bond donors (Lipinski definition) is 3. The molecule has 4 N–H and O–H groups in total. The van der Waals surface area contributed by atoms with E-state index in [0.717, 1.165) is 40.9 Å². The highest BCUT2D eigenvalue weighted by atomic mass is 19.2. The highest BCUT2D eigenvalue weighted by molar-refractivity contribution is 5.99. The molecule has 0 atom stereocenters. The first-order valence-corrected chi connectivity index (χ1v) is 11.3. The molecule has 7 nitrogen and oxygen atoms in total. The molecule has 0 spiro atoms. The van der Waals surface area contributed by atoms with Gasteiger partial charge in [0.05, 0.1) is 23.5 Å². The lowest BCUT2D eigenvalue weighted by Crippen LogP contribution is -2.22. The second-order valence-electron chi connectivity index (χ2n) is 8.19. The van der Waals surface area contributed by atoms with Crippen molar-refractivity contribution < 1.29 is 18.4 Å². The molecule has 0 bridgehead atoms. The fraction of sp³-hybridized carbons (Fsp3) is 0.192. The number of aromatic nitrogens is 2. The van der Waals surface area contributed by atoms with Gasteiger partial charge in [-0.15, -0.1) is 0 Å². The van der Waals surface area contributed by atoms with Gasteiger partial charge in [0.15, 0.2) is 11.6 Å². The molecule has 1 heterocycles. The fourth-order valence-electron chi connectivity index (χ4n) is 3.90. The van der Waals surface area contributed by atoms with Crippen molar-refractivity contribution in [2.75, 3.05) is 10.6 Å². The van der Waals surface area contributed by atoms with E-state index in [1.54, 1.807) is 16.8 Å². The Kier molecular flexibility index (Phi) is 7.05. The first-order chi connectivity index (χ1) is 16.9. The zero-order chi connectivity index (χ0) is 24.9. The Morgan fingerprint density at radius 1 is 1.03 bits per heavy atom. The Labute approximate surface area is 200 Å². The van der Waals surface area contributed by atoms with E-state index in [9.17, 15) is 18.4 Å². The summed E-state index contributed by atoms with van der Waals surface area (Å²) in [7, 11) is 0. The minimum Gasteiger partial charge on any atom is -0.369 e. The lowest BCUT2D eigenvalue weighted by molar-refractivity contribution is -0.117. The molecular weight excluding hydrogens is 452 g/mol. The van der Waals surface area contributed by atoms with Gasteiger partial charge in [-0.2, -0.15) is 5.10 Å². The molecule has 3 amide bonds. The molecular formula is C26H25F2N5O2. The Bertz CT molecular complexity index is 1400. The van der Waals surface area contributed by atoms with Gasteiger partial charge in [-0.1, -0.05) is 43.7 Å². The molecule has 180 valence electrons. The van der Waals surface area contributed by atoms with Crippen molar-refractivity contribution in [3.8, 4) is 5.69 Å². The Balaban J connectivity index is 1.72. The predicted molar refractivity (Wildman–Crippen MR) is 132 cm³/mol. The molecule has 0 unspecified atom stereocenters. The van der Waals surface area contributed by atoms with Gasteiger partial charge >= 0.3 is 6.03 Å². The molecule has 0 fully saturated rings. The minimum absolute atomic E-state index is 0.0421. The first kappa shape index (κ1) is 23.9. The van der Waals surface area contributed by atoms with Gasteiger partial charge in [-0.05, 0) is 53.4 Å². The average molecular weight is 478 g/mol. The van der Waals surface area contributed by atoms with Crippen LogP contribution in [0.15, 0.2) is 60.7 Å². The van der Waals surface area contributed by atoms with Gasteiger partial charge in [0.1, 0.15) is 5.82 Å². The minimum atomic E-state index is -1.15. The highest BCUT2D eigenvalue weighted by Gasteiger charge is 2.17. The topological polar surface area (TPSA) is 102 Å². The zero-order valence-electron chi connectivity index (χ0n) is 19.1. The van der Waals surface area contributed by atoms with E-state index in [-0.39, 0.29) is 12.1 Å². The number of carbonyl (C=O) groups is 2. The summed E-state index contributed by atoms with van der Waals surface area (Å²) < 4.78 is 29.1. The maximum atomic E-state index is 14.0. The molecule has 35 heavy (non-hydrogen) atoms. The summed E-state index contributed by atoms with van der Waals surface area (Å²) in [5, 5.41) is 11.4. The van der Waals surface area contributed by atoms with Crippen LogP contribution in [0.2, 0.25) is 0 Å². The molecule has 4 aromatic rings. The van der Waals surface area contributed by atoms with Crippen molar-refractivity contribution in [2.24, 2.45) is 5.73 Å². The van der Waals surface area contributed by atoms with E-state index < -0.39 is 23.6 Å². The lowest BCUT2D eigenvalue weighted by atomic mass is 10.0. The summed E-state index contributed by atoms with van der Waals surface area (Å²) in [6, 6.07) is 15.8. The van der Waals surface area contributed by atoms with E-state index in [1.807, 2.05) is 30.3 Å². The van der Waals surface area contributed by atoms with Crippen molar-refractivity contribution in [1.82, 2.24) is 9.78 Å². The van der Waals surface area contributed by atoms with Crippen LogP contribution in [0.5, 0.6) is 0 Å². The van der Waals surface area contributed by atoms with E-state index in [4.69, 9.17) is 5.73 Å². The van der Waals surface area contributed by atoms with Crippen LogP contribution >= 0.6 is 0 Å². The van der Waals surface area contributed by atoms with E-state index in [2.05, 4.69) is 22.7 Å². The van der Waals surface area contributed by atoms with E-state index in [1.165, 1.54) is 12.1 Å². The number of nitrogens with zero attached hydrogens (tertiary/aromatic N) is 2. The van der Waals surface area contributed by atoms with Gasteiger partial charge in [0.25, 0.3) is 0 Å². The van der Waals surface area contributed by atoms with Crippen molar-refractivity contribution in [2.45, 2.75) is 32.6 Å². The monoisotopic (exact) mass is 477 g/mol. The number of hydrogen-bond acceptors (Lipinski definition) is 3. The van der Waals surface area contributed by atoms with Gasteiger partial charge in [0, 0.05) is 6.07 Å². The third-order valence-electron chi connectivity index (χ3n) is 5.53. The van der Waals surface area contributed by atoms with Gasteiger partial charge < -0.3 is 11.1 Å². The number of aryl methyl sites for hydroxylation is 1. The third-order valence-corrected chi connectivity index (χ3v) is 5.53. The fourth-order valence-corrected chi connectivity index (χ4v) is 3.90. The van der Waals surface area contributed by atoms with E-state index >= 15 is 0 Å². The maximum absolute atomic E-state index is 14.0. The van der Waals surface area contributed by atoms with Crippen LogP contribution in [0.25, 0.3) is 16.5 Å². The standard InChI is InChI=1S/C26H25F2N5O2/c1-2-3-8-18-15-24(31-26(35)30-22-11-6-10-21(27)25(22)28)33(32-18)19-12-16-7-4-5-9-20(16)17(13-19)14-23(29)34/h4-7,9-13,15H,2-3,8,14H2,1H3,(H2,29,34)(H2,30,31,35). The smallest absolute Gasteiger partial charge is 0.324 e. The second-order valence-corrected chi connectivity index (χ2v) is 8.19. The van der Waals surface area contributed by atoms with Gasteiger partial charge in [-0.25, -0.2) is 18.3 Å². The first-order valence-electron chi connectivity index (χ1n) is 11.3. The molecule has 0 aliphatic heterocycles. The molecule has 0 aliphatic rings. The van der Waals surface area contributed by atoms with E-state index in [0.29, 0.717) is 17.9 Å². The zero-order valence-corrected chi connectivity index (χ0v) is 19.1. The number of urea groups is 1. The molecule has 4 rings (SSSR count). The van der Waals surface area contributed by atoms with Crippen LogP contribution in [0.1, 0.15) is 31.0 Å². The quantitative estimate of drug-likeness (QED) is 0.320. The average Bonchev–Trinajstić information content (AvgIpc) is 3.22. The number of nitrogens with one attached hydrogen (secondary N) is 2. The molecule has 1 aromatic heterocycles. The number of primary amides is 1. The molecule has 0 aliphatic carbocycles. The summed E-state index contributed by atoms with van der Waals surface area (Å²) >= 11 is 0. The number of fused-ring (bicyclic) bond motifs is 1. The van der Waals surface area contributed by atoms with Crippen LogP contribution < -0.4 is 16.4 Å². The molecule has 0 radical (unpaired) electrons. The summed E-state index contributed by atoms with van der Waals surface area (Å²) in [5.41, 5.74) is 7.29. The summed E-state index contributed by atoms with van der Waals surface area (Å²) in [5.74, 6) is -2.34. The number of benzene rings is 3. The number of anilines is 2. The van der Waals surface area contributed by atoms with Crippen molar-refractivity contribution >= 4 is 34.2 Å². The number of nitrogens with two attached hydrogens (primary N) is 1. The highest BCUT2D eigenvalue weighted by Crippen LogP contribution is 2.27. The molecule has 3 aromatic carbocycles. The van der Waals surface area contributed by atoms with Crippen LogP contribution in [0, 0.1) is 11.6 Å². The molecule has 9 heteroatoms. The van der Waals surface area contributed by atoms with Gasteiger partial charge in [-0.3, -0.25) is 10.1 Å². The van der Waals surface area contributed by atoms with Crippen LogP contribution in [-0.2, 0) is 17.6 Å². The largest absolute Gasteiger partial charge is 0.369 e. The maximum Gasteiger partial charge on any atom is 0.324 e. The lowest BCUT2D eigenvalue weighted by Gasteiger charge is -2.13. The summed E-state index contributed by atoms with van der Waals surface area (Å²) in [6.07, 6.45) is 2.61. The molecule has 0 saturated heterocycles. The number of carbonyl (C=O) groups excluding carboxylic acids is 2. The number of rotatable bonds is 8. The summed E-state index contributed by atoms with van der Waals surface area (Å²) in [6.45, 7) is 2.07. The van der Waals surface area contributed by atoms with Crippen LogP contribution in [0.4, 0.5) is 25.1 Å². The predicted octanol–water partition coefficient (Wildman–Crippen LogP) is 5.32. The van der Waals surface area contributed by atoms with Gasteiger partial charge in [0.2, 0.25) is 5.91 Å². The van der Waals surface area contributed by atoms with Crippen LogP contribution in [0.3, 0.4) is 0 Å². The Hall–Kier alpha value is -4.27. The summed E-state index contributed by atoms with van der Waals surface area (Å²) in [4.78, 5) is 24.4. The molecule has 0 saturated carbocycles. The second kappa shape index (κ2) is 10.3. The SMILES string of the molecule is CCCCc1cc(NC(=O)Nc2cccc(F)c2F)n(-c2cc(CC(N)=O)c3ccccc3c2)n1. The van der Waals surface area contributed by atoms with Crippen molar-refractivity contribution in [3.63, 3.8) is 0 Å². The Morgan fingerprint density at radius 2 is 1.83 bits per heavy atom. The normalized spacial score (nSPS) is 10.9. The number of unbranched alkanes of at least 4 members (excludes halogenated alkanes) is 1. The van der Waals surface area contributed by atoms with Crippen molar-refractivity contribution in [3.05, 3.63) is 83.6 Å². The number of halogens is 2.